The van der Waals surface area contributed by atoms with Crippen LogP contribution in [0.4, 0.5) is 4.39 Å². The highest BCUT2D eigenvalue weighted by Gasteiger charge is 2.19. The van der Waals surface area contributed by atoms with Gasteiger partial charge in [0.15, 0.2) is 5.82 Å². The summed E-state index contributed by atoms with van der Waals surface area (Å²) in [6.45, 7) is -0.0985. The van der Waals surface area contributed by atoms with E-state index in [2.05, 4.69) is 30.7 Å². The highest BCUT2D eigenvalue weighted by Crippen LogP contribution is 2.19. The second kappa shape index (κ2) is 5.35. The number of sulfonamides is 1. The van der Waals surface area contributed by atoms with Crippen molar-refractivity contribution in [3.05, 3.63) is 40.6 Å². The number of nitrogens with one attached hydrogen (secondary N) is 1. The molecule has 1 aromatic carbocycles. The average molecular weight is 349 g/mol. The number of rotatable bonds is 4. The minimum absolute atomic E-state index is 0.0985. The molecule has 0 atom stereocenters. The van der Waals surface area contributed by atoms with Gasteiger partial charge in [-0.15, -0.1) is 0 Å². The fourth-order valence-corrected chi connectivity index (χ4v) is 2.77. The SMILES string of the molecule is Cn1cnc(CNS(=O)(=O)c2ccc(Br)cc2F)n1. The third-order valence-electron chi connectivity index (χ3n) is 2.25. The Morgan fingerprint density at radius 1 is 1.47 bits per heavy atom. The lowest BCUT2D eigenvalue weighted by atomic mass is 10.3. The highest BCUT2D eigenvalue weighted by molar-refractivity contribution is 9.10. The second-order valence-electron chi connectivity index (χ2n) is 3.73. The molecule has 19 heavy (non-hydrogen) atoms. The van der Waals surface area contributed by atoms with Gasteiger partial charge >= 0.3 is 0 Å². The van der Waals surface area contributed by atoms with Crippen molar-refractivity contribution >= 4 is 26.0 Å². The van der Waals surface area contributed by atoms with E-state index in [1.807, 2.05) is 0 Å². The molecule has 2 aromatic rings. The molecule has 0 saturated carbocycles. The van der Waals surface area contributed by atoms with Gasteiger partial charge in [-0.05, 0) is 18.2 Å². The zero-order valence-corrected chi connectivity index (χ0v) is 12.2. The van der Waals surface area contributed by atoms with Crippen LogP contribution in [0.25, 0.3) is 0 Å². The van der Waals surface area contributed by atoms with Gasteiger partial charge in [0.2, 0.25) is 10.0 Å². The minimum Gasteiger partial charge on any atom is -0.256 e. The Morgan fingerprint density at radius 2 is 2.21 bits per heavy atom. The quantitative estimate of drug-likeness (QED) is 0.900. The van der Waals surface area contributed by atoms with Gasteiger partial charge in [-0.3, -0.25) is 4.68 Å². The van der Waals surface area contributed by atoms with Crippen LogP contribution in [0.1, 0.15) is 5.82 Å². The Balaban J connectivity index is 2.18. The Morgan fingerprint density at radius 3 is 2.79 bits per heavy atom. The molecule has 1 heterocycles. The summed E-state index contributed by atoms with van der Waals surface area (Å²) in [6.07, 6.45) is 1.45. The molecule has 1 aromatic heterocycles. The van der Waals surface area contributed by atoms with Crippen LogP contribution < -0.4 is 4.72 Å². The number of halogens is 2. The maximum absolute atomic E-state index is 13.6. The van der Waals surface area contributed by atoms with Crippen molar-refractivity contribution in [2.24, 2.45) is 7.05 Å². The molecule has 0 fully saturated rings. The van der Waals surface area contributed by atoms with E-state index < -0.39 is 20.7 Å². The predicted molar refractivity (Wildman–Crippen MR) is 69.1 cm³/mol. The molecular formula is C10H10BrFN4O2S. The first-order valence-corrected chi connectivity index (χ1v) is 7.45. The van der Waals surface area contributed by atoms with Crippen molar-refractivity contribution in [3.63, 3.8) is 0 Å². The normalized spacial score (nSPS) is 11.7. The molecule has 0 amide bonds. The van der Waals surface area contributed by atoms with Crippen LogP contribution in [0, 0.1) is 5.82 Å². The second-order valence-corrected chi connectivity index (χ2v) is 6.38. The summed E-state index contributed by atoms with van der Waals surface area (Å²) in [5, 5.41) is 3.92. The van der Waals surface area contributed by atoms with Gasteiger partial charge in [0.05, 0.1) is 6.54 Å². The minimum atomic E-state index is -3.93. The Kier molecular flexibility index (Phi) is 3.97. The maximum atomic E-state index is 13.6. The summed E-state index contributed by atoms with van der Waals surface area (Å²) in [6, 6.07) is 3.73. The van der Waals surface area contributed by atoms with E-state index in [-0.39, 0.29) is 6.54 Å². The van der Waals surface area contributed by atoms with Crippen LogP contribution in [0.15, 0.2) is 33.9 Å². The van der Waals surface area contributed by atoms with Crippen LogP contribution in [0.5, 0.6) is 0 Å². The zero-order valence-electron chi connectivity index (χ0n) is 9.84. The summed E-state index contributed by atoms with van der Waals surface area (Å²) < 4.78 is 41.6. The number of aromatic nitrogens is 3. The molecule has 0 aliphatic carbocycles. The standard InChI is InChI=1S/C10H10BrFN4O2S/c1-16-6-13-10(15-16)5-14-19(17,18)9-3-2-7(11)4-8(9)12/h2-4,6,14H,5H2,1H3. The summed E-state index contributed by atoms with van der Waals surface area (Å²) in [5.74, 6) is -0.514. The summed E-state index contributed by atoms with van der Waals surface area (Å²) >= 11 is 3.06. The van der Waals surface area contributed by atoms with Crippen molar-refractivity contribution in [1.29, 1.82) is 0 Å². The largest absolute Gasteiger partial charge is 0.256 e. The Hall–Kier alpha value is -1.32. The zero-order chi connectivity index (χ0) is 14.0. The van der Waals surface area contributed by atoms with Gasteiger partial charge in [0, 0.05) is 11.5 Å². The molecule has 0 saturated heterocycles. The molecule has 0 spiro atoms. The van der Waals surface area contributed by atoms with E-state index in [0.29, 0.717) is 10.3 Å². The number of aryl methyl sites for hydroxylation is 1. The molecular weight excluding hydrogens is 339 g/mol. The average Bonchev–Trinajstić information content (AvgIpc) is 2.72. The molecule has 0 bridgehead atoms. The predicted octanol–water partition coefficient (Wildman–Crippen LogP) is 1.20. The number of benzene rings is 1. The van der Waals surface area contributed by atoms with Crippen LogP contribution in [-0.2, 0) is 23.6 Å². The van der Waals surface area contributed by atoms with Gasteiger partial charge in [-0.1, -0.05) is 15.9 Å². The van der Waals surface area contributed by atoms with Gasteiger partial charge < -0.3 is 0 Å². The molecule has 0 aliphatic rings. The fourth-order valence-electron chi connectivity index (χ4n) is 1.40. The highest BCUT2D eigenvalue weighted by atomic mass is 79.9. The Bertz CT molecular complexity index is 701. The molecule has 1 N–H and O–H groups in total. The first kappa shape index (κ1) is 14.1. The van der Waals surface area contributed by atoms with E-state index >= 15 is 0 Å². The van der Waals surface area contributed by atoms with E-state index in [1.54, 1.807) is 7.05 Å². The van der Waals surface area contributed by atoms with E-state index in [0.717, 1.165) is 6.07 Å². The topological polar surface area (TPSA) is 76.9 Å². The van der Waals surface area contributed by atoms with Crippen molar-refractivity contribution in [2.45, 2.75) is 11.4 Å². The van der Waals surface area contributed by atoms with Crippen LogP contribution >= 0.6 is 15.9 Å². The number of hydrogen-bond donors (Lipinski definition) is 1. The van der Waals surface area contributed by atoms with Gasteiger partial charge in [-0.25, -0.2) is 22.5 Å². The first-order chi connectivity index (χ1) is 8.88. The molecule has 9 heteroatoms. The summed E-state index contributed by atoms with van der Waals surface area (Å²) in [4.78, 5) is 3.46. The lowest BCUT2D eigenvalue weighted by molar-refractivity contribution is 0.554. The maximum Gasteiger partial charge on any atom is 0.243 e. The van der Waals surface area contributed by atoms with E-state index in [4.69, 9.17) is 0 Å². The molecule has 0 radical (unpaired) electrons. The summed E-state index contributed by atoms with van der Waals surface area (Å²) in [5.41, 5.74) is 0. The lowest BCUT2D eigenvalue weighted by Gasteiger charge is -2.06. The van der Waals surface area contributed by atoms with Gasteiger partial charge in [-0.2, -0.15) is 5.10 Å². The van der Waals surface area contributed by atoms with Crippen LogP contribution in [-0.4, -0.2) is 23.2 Å². The number of nitrogens with zero attached hydrogens (tertiary/aromatic N) is 3. The molecule has 0 aliphatic heterocycles. The summed E-state index contributed by atoms with van der Waals surface area (Å²) in [7, 11) is -2.27. The van der Waals surface area contributed by atoms with Crippen molar-refractivity contribution in [2.75, 3.05) is 0 Å². The van der Waals surface area contributed by atoms with Gasteiger partial charge in [0.25, 0.3) is 0 Å². The third kappa shape index (κ3) is 3.37. The number of hydrogen-bond acceptors (Lipinski definition) is 4. The van der Waals surface area contributed by atoms with Crippen molar-refractivity contribution < 1.29 is 12.8 Å². The smallest absolute Gasteiger partial charge is 0.243 e. The first-order valence-electron chi connectivity index (χ1n) is 5.18. The van der Waals surface area contributed by atoms with E-state index in [9.17, 15) is 12.8 Å². The van der Waals surface area contributed by atoms with Crippen LogP contribution in [0.3, 0.4) is 0 Å². The molecule has 2 rings (SSSR count). The van der Waals surface area contributed by atoms with E-state index in [1.165, 1.54) is 23.1 Å². The third-order valence-corrected chi connectivity index (χ3v) is 4.18. The molecule has 102 valence electrons. The van der Waals surface area contributed by atoms with Crippen molar-refractivity contribution in [3.8, 4) is 0 Å². The van der Waals surface area contributed by atoms with Crippen LogP contribution in [0.2, 0.25) is 0 Å². The van der Waals surface area contributed by atoms with Crippen molar-refractivity contribution in [1.82, 2.24) is 19.5 Å². The van der Waals surface area contributed by atoms with Gasteiger partial charge in [0.1, 0.15) is 17.0 Å². The monoisotopic (exact) mass is 348 g/mol. The lowest BCUT2D eigenvalue weighted by Crippen LogP contribution is -2.24. The Labute approximate surface area is 117 Å². The fraction of sp³-hybridized carbons (Fsp3) is 0.200. The molecule has 0 unspecified atom stereocenters. The molecule has 6 nitrogen and oxygen atoms in total.